The minimum atomic E-state index is -0.957. The Hall–Kier alpha value is -1.10. The van der Waals surface area contributed by atoms with Gasteiger partial charge in [0.05, 0.1) is 18.9 Å². The van der Waals surface area contributed by atoms with E-state index in [4.69, 9.17) is 9.84 Å². The van der Waals surface area contributed by atoms with E-state index in [-0.39, 0.29) is 12.8 Å². The first-order chi connectivity index (χ1) is 11.5. The van der Waals surface area contributed by atoms with Crippen LogP contribution in [0.1, 0.15) is 97.3 Å². The maximum atomic E-state index is 11.9. The maximum Gasteiger partial charge on any atom is 0.308 e. The second-order valence-corrected chi connectivity index (χ2v) is 6.62. The summed E-state index contributed by atoms with van der Waals surface area (Å²) in [4.78, 5) is 22.8. The molecule has 0 rings (SSSR count). The van der Waals surface area contributed by atoms with Gasteiger partial charge in [-0.15, -0.1) is 0 Å². The molecule has 0 radical (unpaired) electrons. The highest BCUT2D eigenvalue weighted by atomic mass is 16.5. The predicted molar refractivity (Wildman–Crippen MR) is 94.9 cm³/mol. The molecule has 0 amide bonds. The fourth-order valence-corrected chi connectivity index (χ4v) is 2.71. The summed E-state index contributed by atoms with van der Waals surface area (Å²) in [6.45, 7) is 4.27. The lowest BCUT2D eigenvalue weighted by Crippen LogP contribution is -2.24. The molecule has 0 saturated carbocycles. The third-order valence-corrected chi connectivity index (χ3v) is 4.12. The van der Waals surface area contributed by atoms with Crippen LogP contribution in [-0.2, 0) is 14.3 Å². The van der Waals surface area contributed by atoms with Gasteiger partial charge in [0.15, 0.2) is 0 Å². The lowest BCUT2D eigenvalue weighted by atomic mass is 10.1. The molecule has 0 aromatic carbocycles. The molecular formula is C19H36O5. The summed E-state index contributed by atoms with van der Waals surface area (Å²) in [5.41, 5.74) is 0. The average Bonchev–Trinajstić information content (AvgIpc) is 2.50. The number of aliphatic hydroxyl groups is 1. The lowest BCUT2D eigenvalue weighted by Gasteiger charge is -2.17. The van der Waals surface area contributed by atoms with Crippen molar-refractivity contribution in [3.05, 3.63) is 0 Å². The van der Waals surface area contributed by atoms with Gasteiger partial charge >= 0.3 is 11.9 Å². The van der Waals surface area contributed by atoms with Crippen molar-refractivity contribution >= 4 is 11.9 Å². The van der Waals surface area contributed by atoms with Crippen LogP contribution in [0.25, 0.3) is 0 Å². The number of esters is 1. The summed E-state index contributed by atoms with van der Waals surface area (Å²) < 4.78 is 5.29. The summed E-state index contributed by atoms with van der Waals surface area (Å²) >= 11 is 0. The average molecular weight is 344 g/mol. The fraction of sp³-hybridized carbons (Fsp3) is 0.895. The van der Waals surface area contributed by atoms with E-state index in [0.717, 1.165) is 51.4 Å². The highest BCUT2D eigenvalue weighted by Crippen LogP contribution is 2.15. The SMILES string of the molecule is CCCCCCCC(CC(=O)O)OC(=O)CC(O)CCCCCC. The third-order valence-electron chi connectivity index (χ3n) is 4.12. The van der Waals surface area contributed by atoms with Crippen LogP contribution in [0, 0.1) is 0 Å². The van der Waals surface area contributed by atoms with Crippen LogP contribution >= 0.6 is 0 Å². The number of aliphatic carboxylic acids is 1. The van der Waals surface area contributed by atoms with Crippen LogP contribution in [0.4, 0.5) is 0 Å². The number of hydrogen-bond acceptors (Lipinski definition) is 4. The van der Waals surface area contributed by atoms with Crippen LogP contribution in [0.3, 0.4) is 0 Å². The molecule has 2 unspecified atom stereocenters. The fourth-order valence-electron chi connectivity index (χ4n) is 2.71. The highest BCUT2D eigenvalue weighted by molar-refractivity contribution is 5.71. The summed E-state index contributed by atoms with van der Waals surface area (Å²) in [7, 11) is 0. The van der Waals surface area contributed by atoms with E-state index < -0.39 is 24.1 Å². The van der Waals surface area contributed by atoms with Gasteiger partial charge in [0, 0.05) is 0 Å². The molecule has 0 aliphatic heterocycles. The molecule has 0 heterocycles. The van der Waals surface area contributed by atoms with Gasteiger partial charge in [0.25, 0.3) is 0 Å². The normalized spacial score (nSPS) is 13.5. The van der Waals surface area contributed by atoms with Gasteiger partial charge in [0.2, 0.25) is 0 Å². The van der Waals surface area contributed by atoms with Gasteiger partial charge < -0.3 is 14.9 Å². The molecule has 24 heavy (non-hydrogen) atoms. The van der Waals surface area contributed by atoms with E-state index >= 15 is 0 Å². The van der Waals surface area contributed by atoms with E-state index in [1.165, 1.54) is 6.42 Å². The quantitative estimate of drug-likeness (QED) is 0.319. The Morgan fingerprint density at radius 3 is 1.96 bits per heavy atom. The van der Waals surface area contributed by atoms with Gasteiger partial charge in [0.1, 0.15) is 6.10 Å². The van der Waals surface area contributed by atoms with E-state index in [2.05, 4.69) is 13.8 Å². The Bertz CT molecular complexity index is 330. The van der Waals surface area contributed by atoms with Gasteiger partial charge in [-0.2, -0.15) is 0 Å². The standard InChI is InChI=1S/C19H36O5/c1-3-5-7-9-11-13-17(15-18(21)22)24-19(23)14-16(20)12-10-8-6-4-2/h16-17,20H,3-15H2,1-2H3,(H,21,22). The van der Waals surface area contributed by atoms with Crippen LogP contribution in [-0.4, -0.2) is 34.4 Å². The van der Waals surface area contributed by atoms with Crippen molar-refractivity contribution in [2.75, 3.05) is 0 Å². The number of aliphatic hydroxyl groups excluding tert-OH is 1. The van der Waals surface area contributed by atoms with Crippen LogP contribution < -0.4 is 0 Å². The lowest BCUT2D eigenvalue weighted by molar-refractivity contribution is -0.155. The molecule has 0 aliphatic rings. The minimum absolute atomic E-state index is 0.0436. The second kappa shape index (κ2) is 15.4. The third kappa shape index (κ3) is 14.5. The first-order valence-corrected chi connectivity index (χ1v) is 9.58. The first kappa shape index (κ1) is 22.9. The molecule has 0 fully saturated rings. The van der Waals surface area contributed by atoms with Crippen molar-refractivity contribution < 1.29 is 24.5 Å². The molecular weight excluding hydrogens is 308 g/mol. The molecule has 5 heteroatoms. The van der Waals surface area contributed by atoms with Crippen molar-refractivity contribution in [2.45, 2.75) is 110 Å². The maximum absolute atomic E-state index is 11.9. The number of carbonyl (C=O) groups excluding carboxylic acids is 1. The minimum Gasteiger partial charge on any atom is -0.481 e. The largest absolute Gasteiger partial charge is 0.481 e. The first-order valence-electron chi connectivity index (χ1n) is 9.58. The van der Waals surface area contributed by atoms with Crippen LogP contribution in [0.15, 0.2) is 0 Å². The summed E-state index contributed by atoms with van der Waals surface area (Å²) in [5.74, 6) is -1.45. The molecule has 0 spiro atoms. The number of rotatable bonds is 16. The number of hydrogen-bond donors (Lipinski definition) is 2. The Kier molecular flexibility index (Phi) is 14.7. The van der Waals surface area contributed by atoms with Gasteiger partial charge in [-0.05, 0) is 19.3 Å². The summed E-state index contributed by atoms with van der Waals surface area (Å²) in [6.07, 6.45) is 9.27. The zero-order valence-corrected chi connectivity index (χ0v) is 15.5. The van der Waals surface area contributed by atoms with Crippen molar-refractivity contribution in [3.8, 4) is 0 Å². The number of unbranched alkanes of at least 4 members (excludes halogenated alkanes) is 7. The van der Waals surface area contributed by atoms with Gasteiger partial charge in [-0.3, -0.25) is 9.59 Å². The van der Waals surface area contributed by atoms with Crippen molar-refractivity contribution in [2.24, 2.45) is 0 Å². The molecule has 2 atom stereocenters. The molecule has 0 aromatic rings. The molecule has 0 saturated heterocycles. The summed E-state index contributed by atoms with van der Waals surface area (Å²) in [6, 6.07) is 0. The molecule has 0 aromatic heterocycles. The van der Waals surface area contributed by atoms with E-state index in [0.29, 0.717) is 12.8 Å². The number of carboxylic acids is 1. The smallest absolute Gasteiger partial charge is 0.308 e. The Labute approximate surface area is 146 Å². The van der Waals surface area contributed by atoms with Crippen molar-refractivity contribution in [3.63, 3.8) is 0 Å². The van der Waals surface area contributed by atoms with Gasteiger partial charge in [-0.1, -0.05) is 65.2 Å². The number of carbonyl (C=O) groups is 2. The number of ether oxygens (including phenoxy) is 1. The summed E-state index contributed by atoms with van der Waals surface area (Å²) in [5, 5.41) is 18.8. The zero-order valence-electron chi connectivity index (χ0n) is 15.5. The molecule has 5 nitrogen and oxygen atoms in total. The topological polar surface area (TPSA) is 83.8 Å². The molecule has 0 aliphatic carbocycles. The molecule has 142 valence electrons. The van der Waals surface area contributed by atoms with Crippen LogP contribution in [0.2, 0.25) is 0 Å². The Balaban J connectivity index is 4.06. The van der Waals surface area contributed by atoms with E-state index in [1.807, 2.05) is 0 Å². The predicted octanol–water partition coefficient (Wildman–Crippen LogP) is 4.45. The monoisotopic (exact) mass is 344 g/mol. The van der Waals surface area contributed by atoms with Crippen molar-refractivity contribution in [1.82, 2.24) is 0 Å². The second-order valence-electron chi connectivity index (χ2n) is 6.62. The zero-order chi connectivity index (χ0) is 18.2. The Morgan fingerprint density at radius 2 is 1.38 bits per heavy atom. The number of carboxylic acid groups (broad SMARTS) is 1. The van der Waals surface area contributed by atoms with E-state index in [9.17, 15) is 14.7 Å². The van der Waals surface area contributed by atoms with E-state index in [1.54, 1.807) is 0 Å². The van der Waals surface area contributed by atoms with Crippen LogP contribution in [0.5, 0.6) is 0 Å². The molecule has 2 N–H and O–H groups in total. The van der Waals surface area contributed by atoms with Gasteiger partial charge in [-0.25, -0.2) is 0 Å². The van der Waals surface area contributed by atoms with Crippen molar-refractivity contribution in [1.29, 1.82) is 0 Å². The molecule has 0 bridgehead atoms. The highest BCUT2D eigenvalue weighted by Gasteiger charge is 2.20. The Morgan fingerprint density at radius 1 is 0.833 bits per heavy atom.